The molecule has 1 aromatic carbocycles. The van der Waals surface area contributed by atoms with Crippen molar-refractivity contribution >= 4 is 32.5 Å². The monoisotopic (exact) mass is 310 g/mol. The molecule has 1 aromatic heterocycles. The number of sulfonamides is 1. The van der Waals surface area contributed by atoms with Crippen molar-refractivity contribution in [1.29, 1.82) is 0 Å². The number of amides is 1. The summed E-state index contributed by atoms with van der Waals surface area (Å²) >= 11 is 0. The number of anilines is 1. The Bertz CT molecular complexity index is 752. The lowest BCUT2D eigenvalue weighted by molar-refractivity contribution is 0.0958. The minimum Gasteiger partial charge on any atom is -0.399 e. The molecule has 2 aromatic rings. The van der Waals surface area contributed by atoms with Crippen LogP contribution in [0, 0.1) is 0 Å². The van der Waals surface area contributed by atoms with Gasteiger partial charge in [-0.3, -0.25) is 4.79 Å². The van der Waals surface area contributed by atoms with Gasteiger partial charge in [-0.1, -0.05) is 6.92 Å². The third-order valence-electron chi connectivity index (χ3n) is 2.97. The molecule has 0 radical (unpaired) electrons. The summed E-state index contributed by atoms with van der Waals surface area (Å²) in [5.74, 6) is -0.490. The summed E-state index contributed by atoms with van der Waals surface area (Å²) in [6, 6.07) is 5.23. The van der Waals surface area contributed by atoms with E-state index < -0.39 is 10.0 Å². The zero-order valence-corrected chi connectivity index (χ0v) is 12.5. The van der Waals surface area contributed by atoms with Crippen LogP contribution in [0.3, 0.4) is 0 Å². The smallest absolute Gasteiger partial charge is 0.253 e. The molecule has 21 heavy (non-hydrogen) atoms. The average Bonchev–Trinajstić information content (AvgIpc) is 2.81. The molecule has 0 bridgehead atoms. The van der Waals surface area contributed by atoms with Crippen molar-refractivity contribution in [3.05, 3.63) is 30.0 Å². The second-order valence-electron chi connectivity index (χ2n) is 4.58. The standard InChI is InChI=1S/C13H18N4O3S/c1-2-17-21(19,20)6-5-15-13(18)11-8-16-12-4-3-9(14)7-10(11)12/h3-4,7-8,16-17H,2,5-6,14H2,1H3,(H,15,18). The molecular formula is C13H18N4O3S. The number of aromatic nitrogens is 1. The summed E-state index contributed by atoms with van der Waals surface area (Å²) in [5, 5.41) is 3.30. The molecule has 2 rings (SSSR count). The number of carbonyl (C=O) groups excluding carboxylic acids is 1. The lowest BCUT2D eigenvalue weighted by Crippen LogP contribution is -2.34. The summed E-state index contributed by atoms with van der Waals surface area (Å²) in [5.41, 5.74) is 7.51. The summed E-state index contributed by atoms with van der Waals surface area (Å²) in [6.07, 6.45) is 1.58. The molecule has 0 saturated carbocycles. The summed E-state index contributed by atoms with van der Waals surface area (Å²) in [6.45, 7) is 2.08. The van der Waals surface area contributed by atoms with Gasteiger partial charge in [0.05, 0.1) is 11.3 Å². The fraction of sp³-hybridized carbons (Fsp3) is 0.308. The van der Waals surface area contributed by atoms with Crippen LogP contribution in [0.4, 0.5) is 5.69 Å². The molecule has 0 atom stereocenters. The third kappa shape index (κ3) is 3.73. The maximum absolute atomic E-state index is 12.1. The maximum Gasteiger partial charge on any atom is 0.253 e. The Morgan fingerprint density at radius 2 is 2.14 bits per heavy atom. The predicted octanol–water partition coefficient (Wildman–Crippen LogP) is 0.419. The largest absolute Gasteiger partial charge is 0.399 e. The fourth-order valence-corrected chi connectivity index (χ4v) is 2.97. The Morgan fingerprint density at radius 3 is 2.86 bits per heavy atom. The van der Waals surface area contributed by atoms with E-state index in [0.29, 0.717) is 23.2 Å². The van der Waals surface area contributed by atoms with Crippen molar-refractivity contribution < 1.29 is 13.2 Å². The highest BCUT2D eigenvalue weighted by molar-refractivity contribution is 7.89. The van der Waals surface area contributed by atoms with E-state index >= 15 is 0 Å². The van der Waals surface area contributed by atoms with Crippen molar-refractivity contribution in [2.75, 3.05) is 24.6 Å². The SMILES string of the molecule is CCNS(=O)(=O)CCNC(=O)c1c[nH]c2ccc(N)cc12. The molecule has 114 valence electrons. The number of H-pyrrole nitrogens is 1. The zero-order chi connectivity index (χ0) is 15.5. The molecule has 0 saturated heterocycles. The second kappa shape index (κ2) is 6.15. The molecule has 5 N–H and O–H groups in total. The van der Waals surface area contributed by atoms with E-state index in [-0.39, 0.29) is 18.2 Å². The van der Waals surface area contributed by atoms with Crippen LogP contribution in [0.2, 0.25) is 0 Å². The minimum absolute atomic E-state index is 0.0448. The first-order valence-electron chi connectivity index (χ1n) is 6.55. The number of hydrogen-bond donors (Lipinski definition) is 4. The first-order valence-corrected chi connectivity index (χ1v) is 8.20. The Hall–Kier alpha value is -2.06. The molecule has 8 heteroatoms. The number of rotatable bonds is 6. The molecule has 7 nitrogen and oxygen atoms in total. The second-order valence-corrected chi connectivity index (χ2v) is 6.51. The van der Waals surface area contributed by atoms with E-state index in [1.165, 1.54) is 0 Å². The van der Waals surface area contributed by atoms with Crippen molar-refractivity contribution in [2.24, 2.45) is 0 Å². The number of aromatic amines is 1. The Morgan fingerprint density at radius 1 is 1.38 bits per heavy atom. The normalized spacial score (nSPS) is 11.7. The van der Waals surface area contributed by atoms with Crippen LogP contribution in [0.25, 0.3) is 10.9 Å². The summed E-state index contributed by atoms with van der Waals surface area (Å²) in [4.78, 5) is 15.1. The van der Waals surface area contributed by atoms with Crippen molar-refractivity contribution in [3.8, 4) is 0 Å². The molecule has 0 fully saturated rings. The van der Waals surface area contributed by atoms with Gasteiger partial charge in [0.1, 0.15) is 0 Å². The first-order chi connectivity index (χ1) is 9.93. The third-order valence-corrected chi connectivity index (χ3v) is 4.44. The van der Waals surface area contributed by atoms with Crippen molar-refractivity contribution in [1.82, 2.24) is 15.0 Å². The number of hydrogen-bond acceptors (Lipinski definition) is 4. The van der Waals surface area contributed by atoms with Gasteiger partial charge in [-0.15, -0.1) is 0 Å². The highest BCUT2D eigenvalue weighted by Gasteiger charge is 2.14. The van der Waals surface area contributed by atoms with Gasteiger partial charge >= 0.3 is 0 Å². The molecule has 0 spiro atoms. The van der Waals surface area contributed by atoms with Crippen LogP contribution in [-0.2, 0) is 10.0 Å². The van der Waals surface area contributed by atoms with Gasteiger partial charge in [0.2, 0.25) is 10.0 Å². The molecule has 0 aliphatic carbocycles. The van der Waals surface area contributed by atoms with Gasteiger partial charge in [-0.2, -0.15) is 0 Å². The summed E-state index contributed by atoms with van der Waals surface area (Å²) < 4.78 is 25.3. The Labute approximate surface area is 123 Å². The molecule has 0 aliphatic heterocycles. The minimum atomic E-state index is -3.34. The highest BCUT2D eigenvalue weighted by Crippen LogP contribution is 2.20. The van der Waals surface area contributed by atoms with Crippen LogP contribution >= 0.6 is 0 Å². The van der Waals surface area contributed by atoms with Crippen LogP contribution in [0.5, 0.6) is 0 Å². The van der Waals surface area contributed by atoms with Crippen LogP contribution < -0.4 is 15.8 Å². The number of fused-ring (bicyclic) bond motifs is 1. The Kier molecular flexibility index (Phi) is 4.49. The van der Waals surface area contributed by atoms with Crippen LogP contribution in [0.15, 0.2) is 24.4 Å². The van der Waals surface area contributed by atoms with E-state index in [1.54, 1.807) is 31.3 Å². The quantitative estimate of drug-likeness (QED) is 0.578. The number of carbonyl (C=O) groups is 1. The lowest BCUT2D eigenvalue weighted by atomic mass is 10.1. The molecular weight excluding hydrogens is 292 g/mol. The maximum atomic E-state index is 12.1. The summed E-state index contributed by atoms with van der Waals surface area (Å²) in [7, 11) is -3.34. The number of nitrogens with two attached hydrogens (primary N) is 1. The van der Waals surface area contributed by atoms with Gasteiger partial charge in [-0.05, 0) is 18.2 Å². The van der Waals surface area contributed by atoms with E-state index in [9.17, 15) is 13.2 Å². The van der Waals surface area contributed by atoms with Gasteiger partial charge in [0, 0.05) is 35.9 Å². The average molecular weight is 310 g/mol. The van der Waals surface area contributed by atoms with Crippen LogP contribution in [0.1, 0.15) is 17.3 Å². The van der Waals surface area contributed by atoms with E-state index in [2.05, 4.69) is 15.0 Å². The van der Waals surface area contributed by atoms with Crippen molar-refractivity contribution in [3.63, 3.8) is 0 Å². The molecule has 0 aliphatic rings. The Balaban J connectivity index is 2.04. The zero-order valence-electron chi connectivity index (χ0n) is 11.6. The molecule has 1 amide bonds. The van der Waals surface area contributed by atoms with Gasteiger partial charge < -0.3 is 16.0 Å². The van der Waals surface area contributed by atoms with Gasteiger partial charge in [-0.25, -0.2) is 13.1 Å². The highest BCUT2D eigenvalue weighted by atomic mass is 32.2. The van der Waals surface area contributed by atoms with Gasteiger partial charge in [0.25, 0.3) is 5.91 Å². The number of nitrogen functional groups attached to an aromatic ring is 1. The van der Waals surface area contributed by atoms with E-state index in [0.717, 1.165) is 5.52 Å². The first kappa shape index (κ1) is 15.3. The molecule has 0 unspecified atom stereocenters. The topological polar surface area (TPSA) is 117 Å². The lowest BCUT2D eigenvalue weighted by Gasteiger charge is -2.06. The predicted molar refractivity (Wildman–Crippen MR) is 82.5 cm³/mol. The van der Waals surface area contributed by atoms with Gasteiger partial charge in [0.15, 0.2) is 0 Å². The van der Waals surface area contributed by atoms with Crippen LogP contribution in [-0.4, -0.2) is 38.2 Å². The molecule has 1 heterocycles. The van der Waals surface area contributed by atoms with E-state index in [4.69, 9.17) is 5.73 Å². The fourth-order valence-electron chi connectivity index (χ4n) is 2.01. The number of benzene rings is 1. The number of nitrogens with one attached hydrogen (secondary N) is 3. The van der Waals surface area contributed by atoms with E-state index in [1.807, 2.05) is 0 Å². The van der Waals surface area contributed by atoms with Crippen molar-refractivity contribution in [2.45, 2.75) is 6.92 Å².